The summed E-state index contributed by atoms with van der Waals surface area (Å²) in [7, 11) is 0. The van der Waals surface area contributed by atoms with Gasteiger partial charge in [-0.2, -0.15) is 0 Å². The van der Waals surface area contributed by atoms with Gasteiger partial charge < -0.3 is 16.0 Å². The van der Waals surface area contributed by atoms with Crippen molar-refractivity contribution in [1.29, 1.82) is 0 Å². The lowest BCUT2D eigenvalue weighted by atomic mass is 9.90. The first-order valence-corrected chi connectivity index (χ1v) is 9.92. The smallest absolute Gasteiger partial charge is 0.319 e. The highest BCUT2D eigenvalue weighted by molar-refractivity contribution is 9.10. The second-order valence-corrected chi connectivity index (χ2v) is 8.14. The molecule has 0 bridgehead atoms. The topological polar surface area (TPSA) is 53.2 Å². The van der Waals surface area contributed by atoms with Crippen molar-refractivity contribution in [2.24, 2.45) is 0 Å². The van der Waals surface area contributed by atoms with E-state index in [0.717, 1.165) is 50.0 Å². The van der Waals surface area contributed by atoms with Gasteiger partial charge in [0.05, 0.1) is 6.04 Å². The lowest BCUT2D eigenvalue weighted by Gasteiger charge is -2.35. The second kappa shape index (κ2) is 7.39. The van der Waals surface area contributed by atoms with Gasteiger partial charge in [-0.05, 0) is 52.6 Å². The minimum Gasteiger partial charge on any atom is -0.327 e. The van der Waals surface area contributed by atoms with Crippen molar-refractivity contribution in [3.63, 3.8) is 0 Å². The van der Waals surface area contributed by atoms with Crippen LogP contribution in [-0.2, 0) is 0 Å². The molecule has 1 unspecified atom stereocenters. The van der Waals surface area contributed by atoms with E-state index in [9.17, 15) is 4.79 Å². The molecule has 0 saturated heterocycles. The molecule has 0 aromatic heterocycles. The quantitative estimate of drug-likeness (QED) is 0.599. The summed E-state index contributed by atoms with van der Waals surface area (Å²) in [5.74, 6) is 0. The monoisotopic (exact) mass is 473 g/mol. The van der Waals surface area contributed by atoms with Gasteiger partial charge in [0.15, 0.2) is 0 Å². The van der Waals surface area contributed by atoms with E-state index in [4.69, 9.17) is 0 Å². The lowest BCUT2D eigenvalue weighted by molar-refractivity contribution is 0.238. The van der Waals surface area contributed by atoms with Gasteiger partial charge in [0, 0.05) is 27.7 Å². The molecule has 0 saturated carbocycles. The Bertz CT molecular complexity index is 902. The normalized spacial score (nSPS) is 21.2. The third-order valence-electron chi connectivity index (χ3n) is 4.55. The lowest BCUT2D eigenvalue weighted by Crippen LogP contribution is -2.49. The summed E-state index contributed by atoms with van der Waals surface area (Å²) in [5.41, 5.74) is 5.35. The molecule has 3 N–H and O–H groups in total. The van der Waals surface area contributed by atoms with E-state index < -0.39 is 0 Å². The highest BCUT2D eigenvalue weighted by Crippen LogP contribution is 2.32. The molecule has 0 aliphatic carbocycles. The number of halogens is 2. The fraction of sp³-hybridized carbons (Fsp3) is 0.150. The first-order chi connectivity index (χ1) is 12.6. The van der Waals surface area contributed by atoms with Crippen LogP contribution < -0.4 is 16.0 Å². The van der Waals surface area contributed by atoms with E-state index in [1.54, 1.807) is 0 Å². The molecule has 6 heteroatoms. The third-order valence-corrected chi connectivity index (χ3v) is 5.61. The summed E-state index contributed by atoms with van der Waals surface area (Å²) >= 11 is 6.93. The number of hydrogen-bond donors (Lipinski definition) is 3. The van der Waals surface area contributed by atoms with Crippen LogP contribution in [0.4, 0.5) is 4.79 Å². The highest BCUT2D eigenvalue weighted by atomic mass is 79.9. The van der Waals surface area contributed by atoms with Gasteiger partial charge in [0.1, 0.15) is 0 Å². The standard InChI is InChI=1S/C20H17Br2N3O/c21-15-5-1-12(2-6-15)9-14-10-23-11-17-18(24-20(26)25-19(14)17)13-3-7-16(22)8-4-13/h1-9,18,23H,10-11H2,(H2,24,25,26)/b14-9+. The molecule has 0 fully saturated rings. The van der Waals surface area contributed by atoms with Crippen molar-refractivity contribution < 1.29 is 4.79 Å². The number of carbonyl (C=O) groups is 1. The number of amides is 2. The Morgan fingerprint density at radius 1 is 0.923 bits per heavy atom. The van der Waals surface area contributed by atoms with Crippen molar-refractivity contribution in [2.75, 3.05) is 13.1 Å². The molecule has 26 heavy (non-hydrogen) atoms. The maximum absolute atomic E-state index is 12.3. The zero-order valence-corrected chi connectivity index (χ0v) is 17.0. The summed E-state index contributed by atoms with van der Waals surface area (Å²) in [6.45, 7) is 1.46. The molecule has 0 spiro atoms. The minimum atomic E-state index is -0.166. The van der Waals surface area contributed by atoms with Gasteiger partial charge in [0.25, 0.3) is 0 Å². The average molecular weight is 475 g/mol. The summed E-state index contributed by atoms with van der Waals surface area (Å²) in [6.07, 6.45) is 2.12. The van der Waals surface area contributed by atoms with E-state index >= 15 is 0 Å². The molecule has 1 atom stereocenters. The van der Waals surface area contributed by atoms with E-state index in [0.29, 0.717) is 0 Å². The van der Waals surface area contributed by atoms with Gasteiger partial charge >= 0.3 is 6.03 Å². The van der Waals surface area contributed by atoms with Crippen LogP contribution in [0.1, 0.15) is 17.2 Å². The van der Waals surface area contributed by atoms with Crippen LogP contribution in [0.3, 0.4) is 0 Å². The summed E-state index contributed by atoms with van der Waals surface area (Å²) in [5, 5.41) is 9.52. The Kier molecular flexibility index (Phi) is 4.98. The summed E-state index contributed by atoms with van der Waals surface area (Å²) in [6, 6.07) is 15.9. The molecular weight excluding hydrogens is 458 g/mol. The number of benzene rings is 2. The van der Waals surface area contributed by atoms with Crippen molar-refractivity contribution in [3.05, 3.63) is 85.4 Å². The second-order valence-electron chi connectivity index (χ2n) is 6.31. The molecule has 4 rings (SSSR count). The third kappa shape index (κ3) is 3.63. The number of carbonyl (C=O) groups excluding carboxylic acids is 1. The van der Waals surface area contributed by atoms with Crippen LogP contribution in [0.25, 0.3) is 6.08 Å². The van der Waals surface area contributed by atoms with Crippen LogP contribution in [0.15, 0.2) is 74.3 Å². The van der Waals surface area contributed by atoms with Crippen molar-refractivity contribution >= 4 is 44.0 Å². The van der Waals surface area contributed by atoms with E-state index in [1.807, 2.05) is 36.4 Å². The van der Waals surface area contributed by atoms with Gasteiger partial charge in [0.2, 0.25) is 0 Å². The Morgan fingerprint density at radius 2 is 1.58 bits per heavy atom. The molecule has 2 heterocycles. The Hall–Kier alpha value is -1.89. The zero-order chi connectivity index (χ0) is 18.1. The summed E-state index contributed by atoms with van der Waals surface area (Å²) < 4.78 is 2.07. The molecule has 2 aliphatic heterocycles. The summed E-state index contributed by atoms with van der Waals surface area (Å²) in [4.78, 5) is 12.3. The molecule has 2 aromatic carbocycles. The van der Waals surface area contributed by atoms with Gasteiger partial charge in [-0.1, -0.05) is 56.1 Å². The van der Waals surface area contributed by atoms with Crippen LogP contribution in [0, 0.1) is 0 Å². The van der Waals surface area contributed by atoms with Gasteiger partial charge in [-0.25, -0.2) is 4.79 Å². The fourth-order valence-corrected chi connectivity index (χ4v) is 3.84. The van der Waals surface area contributed by atoms with Crippen molar-refractivity contribution in [3.8, 4) is 0 Å². The maximum atomic E-state index is 12.3. The van der Waals surface area contributed by atoms with E-state index in [-0.39, 0.29) is 12.1 Å². The molecule has 0 radical (unpaired) electrons. The number of nitrogens with one attached hydrogen (secondary N) is 3. The maximum Gasteiger partial charge on any atom is 0.319 e. The van der Waals surface area contributed by atoms with Crippen molar-refractivity contribution in [1.82, 2.24) is 16.0 Å². The number of urea groups is 1. The largest absolute Gasteiger partial charge is 0.327 e. The number of hydrogen-bond acceptors (Lipinski definition) is 2. The first-order valence-electron chi connectivity index (χ1n) is 8.33. The number of rotatable bonds is 2. The molecule has 132 valence electrons. The highest BCUT2D eigenvalue weighted by Gasteiger charge is 2.31. The molecule has 2 aliphatic rings. The Balaban J connectivity index is 1.75. The average Bonchev–Trinajstić information content (AvgIpc) is 2.64. The van der Waals surface area contributed by atoms with Crippen molar-refractivity contribution in [2.45, 2.75) is 6.04 Å². The van der Waals surface area contributed by atoms with Gasteiger partial charge in [-0.15, -0.1) is 0 Å². The SMILES string of the molecule is O=C1NC2=C(CNC/C2=C\c2ccc(Br)cc2)C(c2ccc(Br)cc2)N1. The molecule has 4 nitrogen and oxygen atoms in total. The molecule has 2 amide bonds. The fourth-order valence-electron chi connectivity index (χ4n) is 3.31. The minimum absolute atomic E-state index is 0.132. The predicted octanol–water partition coefficient (Wildman–Crippen LogP) is 4.51. The van der Waals surface area contributed by atoms with E-state index in [1.165, 1.54) is 0 Å². The predicted molar refractivity (Wildman–Crippen MR) is 111 cm³/mol. The molecular formula is C20H17Br2N3O. The Labute approximate surface area is 169 Å². The first kappa shape index (κ1) is 17.5. The van der Waals surface area contributed by atoms with Crippen LogP contribution in [0.2, 0.25) is 0 Å². The van der Waals surface area contributed by atoms with Crippen LogP contribution >= 0.6 is 31.9 Å². The Morgan fingerprint density at radius 3 is 2.27 bits per heavy atom. The zero-order valence-electron chi connectivity index (χ0n) is 13.9. The van der Waals surface area contributed by atoms with Crippen LogP contribution in [0.5, 0.6) is 0 Å². The van der Waals surface area contributed by atoms with Gasteiger partial charge in [-0.3, -0.25) is 0 Å². The van der Waals surface area contributed by atoms with Crippen LogP contribution in [-0.4, -0.2) is 19.1 Å². The molecule has 2 aromatic rings. The van der Waals surface area contributed by atoms with E-state index in [2.05, 4.69) is 66.0 Å².